The van der Waals surface area contributed by atoms with Crippen molar-refractivity contribution in [2.45, 2.75) is 12.8 Å². The Morgan fingerprint density at radius 3 is 3.00 bits per heavy atom. The summed E-state index contributed by atoms with van der Waals surface area (Å²) >= 11 is 0. The molecule has 0 saturated heterocycles. The normalized spacial score (nSPS) is 10.2. The second-order valence-corrected chi connectivity index (χ2v) is 3.72. The molecule has 0 aliphatic carbocycles. The molecule has 2 aromatic rings. The van der Waals surface area contributed by atoms with Crippen molar-refractivity contribution in [3.63, 3.8) is 0 Å². The Kier molecular flexibility index (Phi) is 3.85. The molecule has 0 amide bonds. The van der Waals surface area contributed by atoms with Gasteiger partial charge in [-0.1, -0.05) is 0 Å². The van der Waals surface area contributed by atoms with Gasteiger partial charge in [0.2, 0.25) is 0 Å². The highest BCUT2D eigenvalue weighted by Gasteiger charge is 2.05. The standard InChI is InChI=1S/C11H13N5O2/c17-16(18)9-3-5-13-11(8-9)12-4-1-2-10-14-6-7-15-10/h3,5-8H,1-2,4H2,(H,12,13)(H,14,15). The fraction of sp³-hybridized carbons (Fsp3) is 0.273. The van der Waals surface area contributed by atoms with Gasteiger partial charge in [0.15, 0.2) is 0 Å². The number of hydrogen-bond donors (Lipinski definition) is 2. The van der Waals surface area contributed by atoms with E-state index in [-0.39, 0.29) is 5.69 Å². The Bertz CT molecular complexity index is 512. The molecule has 0 bridgehead atoms. The molecule has 0 unspecified atom stereocenters. The fourth-order valence-electron chi connectivity index (χ4n) is 1.54. The van der Waals surface area contributed by atoms with Crippen molar-refractivity contribution in [2.75, 3.05) is 11.9 Å². The Morgan fingerprint density at radius 2 is 2.28 bits per heavy atom. The van der Waals surface area contributed by atoms with Crippen LogP contribution >= 0.6 is 0 Å². The van der Waals surface area contributed by atoms with Crippen LogP contribution in [0.3, 0.4) is 0 Å². The number of pyridine rings is 1. The van der Waals surface area contributed by atoms with Crippen LogP contribution < -0.4 is 5.32 Å². The molecule has 0 saturated carbocycles. The lowest BCUT2D eigenvalue weighted by Crippen LogP contribution is -2.05. The summed E-state index contributed by atoms with van der Waals surface area (Å²) < 4.78 is 0. The number of aryl methyl sites for hydroxylation is 1. The number of rotatable bonds is 6. The van der Waals surface area contributed by atoms with Crippen molar-refractivity contribution >= 4 is 11.5 Å². The van der Waals surface area contributed by atoms with E-state index < -0.39 is 4.92 Å². The van der Waals surface area contributed by atoms with Crippen LogP contribution in [-0.4, -0.2) is 26.4 Å². The minimum Gasteiger partial charge on any atom is -0.370 e. The quantitative estimate of drug-likeness (QED) is 0.460. The van der Waals surface area contributed by atoms with Crippen LogP contribution in [0.15, 0.2) is 30.7 Å². The molecular formula is C11H13N5O2. The van der Waals surface area contributed by atoms with Gasteiger partial charge in [-0.3, -0.25) is 10.1 Å². The molecule has 7 heteroatoms. The van der Waals surface area contributed by atoms with Crippen molar-refractivity contribution in [2.24, 2.45) is 0 Å². The van der Waals surface area contributed by atoms with Crippen molar-refractivity contribution in [3.8, 4) is 0 Å². The largest absolute Gasteiger partial charge is 0.370 e. The summed E-state index contributed by atoms with van der Waals surface area (Å²) in [6.07, 6.45) is 6.62. The molecule has 2 N–H and O–H groups in total. The van der Waals surface area contributed by atoms with E-state index in [0.29, 0.717) is 12.4 Å². The average Bonchev–Trinajstić information content (AvgIpc) is 2.88. The van der Waals surface area contributed by atoms with Crippen molar-refractivity contribution in [1.82, 2.24) is 15.0 Å². The van der Waals surface area contributed by atoms with E-state index in [1.54, 1.807) is 12.4 Å². The molecule has 7 nitrogen and oxygen atoms in total. The number of aromatic amines is 1. The third-order valence-corrected chi connectivity index (χ3v) is 2.41. The summed E-state index contributed by atoms with van der Waals surface area (Å²) in [7, 11) is 0. The lowest BCUT2D eigenvalue weighted by molar-refractivity contribution is -0.384. The summed E-state index contributed by atoms with van der Waals surface area (Å²) in [5.41, 5.74) is 0.0403. The number of anilines is 1. The van der Waals surface area contributed by atoms with Gasteiger partial charge in [0.1, 0.15) is 11.6 Å². The zero-order chi connectivity index (χ0) is 12.8. The highest BCUT2D eigenvalue weighted by atomic mass is 16.6. The van der Waals surface area contributed by atoms with E-state index in [2.05, 4.69) is 20.3 Å². The van der Waals surface area contributed by atoms with Gasteiger partial charge < -0.3 is 10.3 Å². The molecule has 0 aliphatic rings. The Hall–Kier alpha value is -2.44. The summed E-state index contributed by atoms with van der Waals surface area (Å²) in [6, 6.07) is 2.79. The van der Waals surface area contributed by atoms with Crippen LogP contribution in [0.25, 0.3) is 0 Å². The lowest BCUT2D eigenvalue weighted by Gasteiger charge is -2.04. The van der Waals surface area contributed by atoms with Crippen LogP contribution in [0, 0.1) is 10.1 Å². The monoisotopic (exact) mass is 247 g/mol. The van der Waals surface area contributed by atoms with Crippen LogP contribution in [-0.2, 0) is 6.42 Å². The first-order chi connectivity index (χ1) is 8.75. The van der Waals surface area contributed by atoms with Crippen LogP contribution in [0.1, 0.15) is 12.2 Å². The Morgan fingerprint density at radius 1 is 1.39 bits per heavy atom. The molecule has 0 aliphatic heterocycles. The number of imidazole rings is 1. The number of nitrogens with one attached hydrogen (secondary N) is 2. The van der Waals surface area contributed by atoms with Gasteiger partial charge in [0.05, 0.1) is 11.0 Å². The van der Waals surface area contributed by atoms with Gasteiger partial charge >= 0.3 is 0 Å². The average molecular weight is 247 g/mol. The smallest absolute Gasteiger partial charge is 0.274 e. The van der Waals surface area contributed by atoms with Gasteiger partial charge in [-0.2, -0.15) is 0 Å². The lowest BCUT2D eigenvalue weighted by atomic mass is 10.3. The SMILES string of the molecule is O=[N+]([O-])c1ccnc(NCCCc2ncc[nH]2)c1. The number of aromatic nitrogens is 3. The Labute approximate surface area is 103 Å². The second kappa shape index (κ2) is 5.76. The highest BCUT2D eigenvalue weighted by Crippen LogP contribution is 2.13. The van der Waals surface area contributed by atoms with E-state index in [4.69, 9.17) is 0 Å². The topological polar surface area (TPSA) is 96.7 Å². The zero-order valence-electron chi connectivity index (χ0n) is 9.67. The molecule has 18 heavy (non-hydrogen) atoms. The molecule has 2 aromatic heterocycles. The van der Waals surface area contributed by atoms with Gasteiger partial charge in [-0.15, -0.1) is 0 Å². The third-order valence-electron chi connectivity index (χ3n) is 2.41. The van der Waals surface area contributed by atoms with E-state index in [1.165, 1.54) is 18.3 Å². The number of nitrogens with zero attached hydrogens (tertiary/aromatic N) is 3. The molecule has 0 atom stereocenters. The van der Waals surface area contributed by atoms with E-state index in [1.807, 2.05) is 0 Å². The zero-order valence-corrected chi connectivity index (χ0v) is 9.67. The predicted molar refractivity (Wildman–Crippen MR) is 66.3 cm³/mol. The molecular weight excluding hydrogens is 234 g/mol. The minimum absolute atomic E-state index is 0.0403. The molecule has 0 fully saturated rings. The first-order valence-corrected chi connectivity index (χ1v) is 5.58. The fourth-order valence-corrected chi connectivity index (χ4v) is 1.54. The maximum absolute atomic E-state index is 10.6. The van der Waals surface area contributed by atoms with E-state index >= 15 is 0 Å². The molecule has 2 rings (SSSR count). The molecule has 0 spiro atoms. The number of nitro groups is 1. The summed E-state index contributed by atoms with van der Waals surface area (Å²) in [4.78, 5) is 21.3. The number of hydrogen-bond acceptors (Lipinski definition) is 5. The predicted octanol–water partition coefficient (Wildman–Crippen LogP) is 1.76. The van der Waals surface area contributed by atoms with Gasteiger partial charge in [0.25, 0.3) is 5.69 Å². The van der Waals surface area contributed by atoms with Crippen molar-refractivity contribution in [1.29, 1.82) is 0 Å². The maximum atomic E-state index is 10.6. The highest BCUT2D eigenvalue weighted by molar-refractivity contribution is 5.44. The van der Waals surface area contributed by atoms with Gasteiger partial charge in [-0.25, -0.2) is 9.97 Å². The first kappa shape index (κ1) is 12.0. The molecule has 0 radical (unpaired) electrons. The van der Waals surface area contributed by atoms with E-state index in [9.17, 15) is 10.1 Å². The maximum Gasteiger partial charge on any atom is 0.274 e. The molecule has 94 valence electrons. The second-order valence-electron chi connectivity index (χ2n) is 3.72. The van der Waals surface area contributed by atoms with Crippen LogP contribution in [0.5, 0.6) is 0 Å². The third kappa shape index (κ3) is 3.27. The van der Waals surface area contributed by atoms with Crippen LogP contribution in [0.2, 0.25) is 0 Å². The Balaban J connectivity index is 1.79. The van der Waals surface area contributed by atoms with Gasteiger partial charge in [-0.05, 0) is 6.42 Å². The molecule has 0 aromatic carbocycles. The van der Waals surface area contributed by atoms with E-state index in [0.717, 1.165) is 18.7 Å². The van der Waals surface area contributed by atoms with Crippen LogP contribution in [0.4, 0.5) is 11.5 Å². The summed E-state index contributed by atoms with van der Waals surface area (Å²) in [5.74, 6) is 1.45. The molecule has 2 heterocycles. The minimum atomic E-state index is -0.435. The van der Waals surface area contributed by atoms with Gasteiger partial charge in [0, 0.05) is 37.6 Å². The van der Waals surface area contributed by atoms with Crippen molar-refractivity contribution < 1.29 is 4.92 Å². The number of H-pyrrole nitrogens is 1. The summed E-state index contributed by atoms with van der Waals surface area (Å²) in [6.45, 7) is 0.689. The van der Waals surface area contributed by atoms with Crippen molar-refractivity contribution in [3.05, 3.63) is 46.7 Å². The first-order valence-electron chi connectivity index (χ1n) is 5.58. The summed E-state index contributed by atoms with van der Waals surface area (Å²) in [5, 5.41) is 13.6.